The highest BCUT2D eigenvalue weighted by atomic mass is 32.2. The van der Waals surface area contributed by atoms with Crippen molar-refractivity contribution in [3.63, 3.8) is 0 Å². The standard InChI is InChI=1S/C24H26N2O4S/c1-17(18-11-5-4-6-12-18)25-31(29,30)24-21(26-15-9-2-3-10-16-26)22(27)19-13-7-8-14-20(19)23(24)28/h4-8,11-14,17,25H,2-3,9-10,15-16H2,1H3. The third-order valence-corrected chi connectivity index (χ3v) is 7.46. The molecule has 7 heteroatoms. The zero-order valence-electron chi connectivity index (χ0n) is 17.5. The molecule has 1 heterocycles. The summed E-state index contributed by atoms with van der Waals surface area (Å²) in [7, 11) is -4.25. The lowest BCUT2D eigenvalue weighted by atomic mass is 9.91. The number of rotatable bonds is 5. The molecule has 0 bridgehead atoms. The summed E-state index contributed by atoms with van der Waals surface area (Å²) >= 11 is 0. The summed E-state index contributed by atoms with van der Waals surface area (Å²) in [6, 6.07) is 15.0. The molecule has 162 valence electrons. The van der Waals surface area contributed by atoms with Crippen molar-refractivity contribution in [1.82, 2.24) is 9.62 Å². The van der Waals surface area contributed by atoms with Crippen LogP contribution in [0.5, 0.6) is 0 Å². The molecule has 31 heavy (non-hydrogen) atoms. The first-order chi connectivity index (χ1) is 14.9. The van der Waals surface area contributed by atoms with E-state index in [2.05, 4.69) is 4.72 Å². The second kappa shape index (κ2) is 8.77. The summed E-state index contributed by atoms with van der Waals surface area (Å²) in [5.74, 6) is -1.02. The fourth-order valence-electron chi connectivity index (χ4n) is 4.27. The van der Waals surface area contributed by atoms with Gasteiger partial charge in [-0.05, 0) is 25.3 Å². The van der Waals surface area contributed by atoms with Crippen LogP contribution >= 0.6 is 0 Å². The minimum absolute atomic E-state index is 0.0124. The average Bonchev–Trinajstić information content (AvgIpc) is 3.05. The Morgan fingerprint density at radius 3 is 1.97 bits per heavy atom. The minimum Gasteiger partial charge on any atom is -0.367 e. The summed E-state index contributed by atoms with van der Waals surface area (Å²) in [5, 5.41) is 0. The Bertz CT molecular complexity index is 1130. The van der Waals surface area contributed by atoms with E-state index >= 15 is 0 Å². The molecule has 4 rings (SSSR count). The predicted octanol–water partition coefficient (Wildman–Crippen LogP) is 3.83. The SMILES string of the molecule is CC(NS(=O)(=O)C1=C(N2CCCCCC2)C(=O)c2ccccc2C1=O)c1ccccc1. The number of fused-ring (bicyclic) bond motifs is 1. The van der Waals surface area contributed by atoms with Gasteiger partial charge in [-0.1, -0.05) is 67.4 Å². The van der Waals surface area contributed by atoms with Crippen LogP contribution in [0.15, 0.2) is 65.2 Å². The van der Waals surface area contributed by atoms with Crippen LogP contribution in [-0.4, -0.2) is 38.0 Å². The number of nitrogens with zero attached hydrogens (tertiary/aromatic N) is 1. The fourth-order valence-corrected chi connectivity index (χ4v) is 5.82. The highest BCUT2D eigenvalue weighted by molar-refractivity contribution is 7.94. The van der Waals surface area contributed by atoms with Crippen LogP contribution in [0, 0.1) is 0 Å². The second-order valence-electron chi connectivity index (χ2n) is 8.04. The van der Waals surface area contributed by atoms with E-state index in [0.717, 1.165) is 31.2 Å². The number of carbonyl (C=O) groups is 2. The largest absolute Gasteiger partial charge is 0.367 e. The number of carbonyl (C=O) groups excluding carboxylic acids is 2. The molecule has 0 spiro atoms. The minimum atomic E-state index is -4.25. The van der Waals surface area contributed by atoms with E-state index < -0.39 is 32.5 Å². The van der Waals surface area contributed by atoms with E-state index in [1.165, 1.54) is 6.07 Å². The highest BCUT2D eigenvalue weighted by Gasteiger charge is 2.41. The van der Waals surface area contributed by atoms with Gasteiger partial charge in [0.1, 0.15) is 5.70 Å². The molecule has 0 saturated carbocycles. The van der Waals surface area contributed by atoms with Gasteiger partial charge in [-0.15, -0.1) is 0 Å². The third kappa shape index (κ3) is 4.20. The number of hydrogen-bond acceptors (Lipinski definition) is 5. The first kappa shape index (κ1) is 21.5. The van der Waals surface area contributed by atoms with Crippen LogP contribution in [0.25, 0.3) is 0 Å². The molecule has 1 unspecified atom stereocenters. The van der Waals surface area contributed by atoms with Gasteiger partial charge in [-0.2, -0.15) is 0 Å². The average molecular weight is 439 g/mol. The van der Waals surface area contributed by atoms with Crippen LogP contribution in [0.4, 0.5) is 0 Å². The van der Waals surface area contributed by atoms with Crippen LogP contribution in [0.2, 0.25) is 0 Å². The molecule has 1 saturated heterocycles. The monoisotopic (exact) mass is 438 g/mol. The number of nitrogens with one attached hydrogen (secondary N) is 1. The van der Waals surface area contributed by atoms with Crippen LogP contribution in [0.1, 0.15) is 64.9 Å². The van der Waals surface area contributed by atoms with E-state index in [4.69, 9.17) is 0 Å². The summed E-state index contributed by atoms with van der Waals surface area (Å²) in [6.07, 6.45) is 3.75. The van der Waals surface area contributed by atoms with Gasteiger partial charge >= 0.3 is 0 Å². The lowest BCUT2D eigenvalue weighted by Crippen LogP contribution is -2.40. The Morgan fingerprint density at radius 2 is 1.35 bits per heavy atom. The molecule has 6 nitrogen and oxygen atoms in total. The predicted molar refractivity (Wildman–Crippen MR) is 119 cm³/mol. The quantitative estimate of drug-likeness (QED) is 0.767. The topological polar surface area (TPSA) is 83.6 Å². The van der Waals surface area contributed by atoms with Gasteiger partial charge in [0.05, 0.1) is 0 Å². The van der Waals surface area contributed by atoms with Gasteiger partial charge in [0, 0.05) is 30.3 Å². The molecule has 0 aromatic heterocycles. The van der Waals surface area contributed by atoms with Crippen LogP contribution in [-0.2, 0) is 10.0 Å². The molecular weight excluding hydrogens is 412 g/mol. The number of Topliss-reactive ketones (excluding diaryl/α,β-unsaturated/α-hetero) is 2. The molecule has 2 aromatic rings. The van der Waals surface area contributed by atoms with Crippen molar-refractivity contribution in [2.45, 2.75) is 38.6 Å². The first-order valence-electron chi connectivity index (χ1n) is 10.6. The van der Waals surface area contributed by atoms with Gasteiger partial charge in [-0.25, -0.2) is 13.1 Å². The molecule has 1 atom stereocenters. The smallest absolute Gasteiger partial charge is 0.247 e. The molecule has 2 aliphatic rings. The Kier molecular flexibility index (Phi) is 6.07. The molecule has 1 N–H and O–H groups in total. The fraction of sp³-hybridized carbons (Fsp3) is 0.333. The molecule has 1 aliphatic heterocycles. The molecular formula is C24H26N2O4S. The van der Waals surface area contributed by atoms with E-state index in [-0.39, 0.29) is 16.8 Å². The summed E-state index contributed by atoms with van der Waals surface area (Å²) in [6.45, 7) is 2.84. The summed E-state index contributed by atoms with van der Waals surface area (Å²) in [4.78, 5) is 28.2. The summed E-state index contributed by atoms with van der Waals surface area (Å²) < 4.78 is 29.6. The van der Waals surface area contributed by atoms with Crippen molar-refractivity contribution < 1.29 is 18.0 Å². The first-order valence-corrected chi connectivity index (χ1v) is 12.1. The number of hydrogen-bond donors (Lipinski definition) is 1. The zero-order valence-corrected chi connectivity index (χ0v) is 18.3. The van der Waals surface area contributed by atoms with E-state index in [1.54, 1.807) is 30.0 Å². The lowest BCUT2D eigenvalue weighted by molar-refractivity contribution is 0.0947. The van der Waals surface area contributed by atoms with E-state index in [0.29, 0.717) is 13.1 Å². The van der Waals surface area contributed by atoms with E-state index in [9.17, 15) is 18.0 Å². The van der Waals surface area contributed by atoms with Crippen LogP contribution < -0.4 is 4.72 Å². The second-order valence-corrected chi connectivity index (χ2v) is 9.69. The van der Waals surface area contributed by atoms with E-state index in [1.807, 2.05) is 30.3 Å². The maximum atomic E-state index is 13.5. The lowest BCUT2D eigenvalue weighted by Gasteiger charge is -2.30. The molecule has 2 aromatic carbocycles. The van der Waals surface area contributed by atoms with Gasteiger partial charge in [-0.3, -0.25) is 9.59 Å². The number of likely N-dealkylation sites (tertiary alicyclic amines) is 1. The Balaban J connectivity index is 1.82. The maximum Gasteiger partial charge on any atom is 0.247 e. The van der Waals surface area contributed by atoms with Crippen molar-refractivity contribution in [3.05, 3.63) is 81.9 Å². The Labute approximate surface area is 183 Å². The van der Waals surface area contributed by atoms with Gasteiger partial charge in [0.15, 0.2) is 4.91 Å². The van der Waals surface area contributed by atoms with Gasteiger partial charge < -0.3 is 4.90 Å². The van der Waals surface area contributed by atoms with Crippen molar-refractivity contribution in [3.8, 4) is 0 Å². The molecule has 1 aliphatic carbocycles. The maximum absolute atomic E-state index is 13.5. The molecule has 0 amide bonds. The van der Waals surface area contributed by atoms with Crippen LogP contribution in [0.3, 0.4) is 0 Å². The summed E-state index contributed by atoms with van der Waals surface area (Å²) in [5.41, 5.74) is 1.19. The number of ketones is 2. The zero-order chi connectivity index (χ0) is 22.0. The van der Waals surface area contributed by atoms with Gasteiger partial charge in [0.25, 0.3) is 0 Å². The normalized spacial score (nSPS) is 18.5. The molecule has 0 radical (unpaired) electrons. The molecule has 1 fully saturated rings. The Hall–Kier alpha value is -2.77. The third-order valence-electron chi connectivity index (χ3n) is 5.88. The van der Waals surface area contributed by atoms with Crippen molar-refractivity contribution in [2.24, 2.45) is 0 Å². The van der Waals surface area contributed by atoms with Gasteiger partial charge in [0.2, 0.25) is 21.6 Å². The van der Waals surface area contributed by atoms with Crippen molar-refractivity contribution in [1.29, 1.82) is 0 Å². The number of benzene rings is 2. The van der Waals surface area contributed by atoms with Crippen molar-refractivity contribution in [2.75, 3.05) is 13.1 Å². The Morgan fingerprint density at radius 1 is 0.806 bits per heavy atom. The number of allylic oxidation sites excluding steroid dienone is 2. The van der Waals surface area contributed by atoms with Crippen molar-refractivity contribution >= 4 is 21.6 Å². The number of sulfonamides is 1. The highest BCUT2D eigenvalue weighted by Crippen LogP contribution is 2.33.